The summed E-state index contributed by atoms with van der Waals surface area (Å²) in [4.78, 5) is 3.19. The lowest BCUT2D eigenvalue weighted by atomic mass is 9.62. The van der Waals surface area contributed by atoms with E-state index in [-0.39, 0.29) is 0 Å². The maximum absolute atomic E-state index is 2.68. The fourth-order valence-corrected chi connectivity index (χ4v) is 11.2. The SMILES string of the molecule is CC1=CC2C(S1)C(C(C)(C)C1CCC3CCCCC31)C1SC(C)=C[C@@H]21. The minimum Gasteiger partial charge on any atom is -0.127 e. The van der Waals surface area contributed by atoms with Gasteiger partial charge in [0, 0.05) is 10.5 Å². The Morgan fingerprint density at radius 2 is 1.44 bits per heavy atom. The van der Waals surface area contributed by atoms with Crippen LogP contribution < -0.4 is 0 Å². The van der Waals surface area contributed by atoms with Gasteiger partial charge in [0.2, 0.25) is 0 Å². The van der Waals surface area contributed by atoms with Crippen molar-refractivity contribution < 1.29 is 0 Å². The molecule has 0 nitrogen and oxygen atoms in total. The Balaban J connectivity index is 1.47. The number of thioether (sulfide) groups is 2. The van der Waals surface area contributed by atoms with Crippen molar-refractivity contribution in [2.24, 2.45) is 40.9 Å². The average Bonchev–Trinajstić information content (AvgIpc) is 3.27. The second kappa shape index (κ2) is 6.09. The number of fused-ring (bicyclic) bond motifs is 4. The Morgan fingerprint density at radius 1 is 0.840 bits per heavy atom. The quantitative estimate of drug-likeness (QED) is 0.504. The summed E-state index contributed by atoms with van der Waals surface area (Å²) in [7, 11) is 0. The molecular formula is C23H34S2. The maximum atomic E-state index is 2.68. The molecule has 7 unspecified atom stereocenters. The smallest absolute Gasteiger partial charge is 0.0204 e. The van der Waals surface area contributed by atoms with Gasteiger partial charge in [0.05, 0.1) is 0 Å². The number of rotatable bonds is 2. The van der Waals surface area contributed by atoms with Crippen molar-refractivity contribution in [1.29, 1.82) is 0 Å². The molecule has 0 bridgehead atoms. The minimum absolute atomic E-state index is 0.496. The highest BCUT2D eigenvalue weighted by atomic mass is 32.2. The Kier molecular flexibility index (Phi) is 4.21. The third kappa shape index (κ3) is 2.56. The molecule has 0 aromatic rings. The lowest BCUT2D eigenvalue weighted by Crippen LogP contribution is -2.42. The van der Waals surface area contributed by atoms with Gasteiger partial charge in [-0.1, -0.05) is 45.3 Å². The molecule has 0 aromatic carbocycles. The Morgan fingerprint density at radius 3 is 2.08 bits per heavy atom. The van der Waals surface area contributed by atoms with E-state index in [1.807, 2.05) is 0 Å². The van der Waals surface area contributed by atoms with Crippen LogP contribution in [0.15, 0.2) is 22.0 Å². The van der Waals surface area contributed by atoms with Gasteiger partial charge < -0.3 is 0 Å². The first-order valence-corrected chi connectivity index (χ1v) is 12.4. The van der Waals surface area contributed by atoms with Crippen molar-refractivity contribution in [2.45, 2.75) is 76.7 Å². The van der Waals surface area contributed by atoms with Crippen molar-refractivity contribution in [2.75, 3.05) is 0 Å². The fraction of sp³-hybridized carbons (Fsp3) is 0.826. The molecule has 2 aliphatic heterocycles. The van der Waals surface area contributed by atoms with Crippen LogP contribution in [0.4, 0.5) is 0 Å². The summed E-state index contributed by atoms with van der Waals surface area (Å²) >= 11 is 4.47. The van der Waals surface area contributed by atoms with Gasteiger partial charge in [-0.25, -0.2) is 0 Å². The highest BCUT2D eigenvalue weighted by Crippen LogP contribution is 2.67. The van der Waals surface area contributed by atoms with Crippen LogP contribution in [0, 0.1) is 40.9 Å². The van der Waals surface area contributed by atoms with E-state index < -0.39 is 0 Å². The Labute approximate surface area is 163 Å². The van der Waals surface area contributed by atoms with E-state index in [4.69, 9.17) is 0 Å². The van der Waals surface area contributed by atoms with E-state index in [9.17, 15) is 0 Å². The van der Waals surface area contributed by atoms with E-state index in [0.29, 0.717) is 5.41 Å². The van der Waals surface area contributed by atoms with Gasteiger partial charge in [-0.05, 0) is 83.8 Å². The molecular weight excluding hydrogens is 340 g/mol. The molecule has 5 aliphatic rings. The van der Waals surface area contributed by atoms with Crippen LogP contribution in [0.2, 0.25) is 0 Å². The average molecular weight is 375 g/mol. The standard InChI is InChI=1S/C23H34S2/c1-13-11-17-18-12-14(2)25-22(18)20(21(17)24-13)23(3,4)19-10-9-15-7-5-6-8-16(15)19/h11-12,15-22H,5-10H2,1-4H3/t15?,16?,17-,18?,19?,20?,21?,22?/m0/s1. The van der Waals surface area contributed by atoms with E-state index >= 15 is 0 Å². The van der Waals surface area contributed by atoms with Gasteiger partial charge in [0.25, 0.3) is 0 Å². The third-order valence-corrected chi connectivity index (χ3v) is 11.3. The highest BCUT2D eigenvalue weighted by molar-refractivity contribution is 8.05. The molecule has 3 aliphatic carbocycles. The summed E-state index contributed by atoms with van der Waals surface area (Å²) in [6, 6.07) is 0. The van der Waals surface area contributed by atoms with Crippen LogP contribution in [0.25, 0.3) is 0 Å². The first kappa shape index (κ1) is 17.3. The fourth-order valence-electron chi connectivity index (χ4n) is 7.62. The number of allylic oxidation sites excluding steroid dienone is 4. The maximum Gasteiger partial charge on any atom is 0.0204 e. The van der Waals surface area contributed by atoms with Crippen LogP contribution in [0.5, 0.6) is 0 Å². The zero-order valence-electron chi connectivity index (χ0n) is 16.3. The zero-order valence-corrected chi connectivity index (χ0v) is 18.0. The normalized spacial score (nSPS) is 48.8. The number of hydrogen-bond acceptors (Lipinski definition) is 2. The molecule has 3 saturated carbocycles. The molecule has 5 rings (SSSR count). The minimum atomic E-state index is 0.496. The van der Waals surface area contributed by atoms with Gasteiger partial charge in [0.1, 0.15) is 0 Å². The van der Waals surface area contributed by atoms with Gasteiger partial charge >= 0.3 is 0 Å². The molecule has 0 aromatic heterocycles. The van der Waals surface area contributed by atoms with Crippen LogP contribution in [0.1, 0.15) is 66.2 Å². The molecule has 25 heavy (non-hydrogen) atoms. The summed E-state index contributed by atoms with van der Waals surface area (Å²) in [6.45, 7) is 10.1. The topological polar surface area (TPSA) is 0 Å². The first-order chi connectivity index (χ1) is 12.0. The van der Waals surface area contributed by atoms with E-state index in [1.54, 1.807) is 9.81 Å². The van der Waals surface area contributed by atoms with Crippen molar-refractivity contribution in [3.63, 3.8) is 0 Å². The van der Waals surface area contributed by atoms with Crippen molar-refractivity contribution in [3.8, 4) is 0 Å². The van der Waals surface area contributed by atoms with Gasteiger partial charge in [0.15, 0.2) is 0 Å². The summed E-state index contributed by atoms with van der Waals surface area (Å²) in [6.07, 6.45) is 14.4. The molecule has 0 N–H and O–H groups in total. The van der Waals surface area contributed by atoms with E-state index in [2.05, 4.69) is 63.4 Å². The predicted octanol–water partition coefficient (Wildman–Crippen LogP) is 7.13. The largest absolute Gasteiger partial charge is 0.127 e. The monoisotopic (exact) mass is 374 g/mol. The Hall–Kier alpha value is 0.180. The van der Waals surface area contributed by atoms with E-state index in [0.717, 1.165) is 46.0 Å². The lowest BCUT2D eigenvalue weighted by Gasteiger charge is -2.46. The van der Waals surface area contributed by atoms with E-state index in [1.165, 1.54) is 38.5 Å². The molecule has 0 amide bonds. The van der Waals surface area contributed by atoms with Crippen LogP contribution >= 0.6 is 23.5 Å². The van der Waals surface area contributed by atoms with Gasteiger partial charge in [-0.15, -0.1) is 23.5 Å². The summed E-state index contributed by atoms with van der Waals surface area (Å²) in [5.41, 5.74) is 0.496. The molecule has 8 atom stereocenters. The van der Waals surface area contributed by atoms with Crippen molar-refractivity contribution >= 4 is 23.5 Å². The zero-order chi connectivity index (χ0) is 17.3. The molecule has 0 saturated heterocycles. The first-order valence-electron chi connectivity index (χ1n) is 10.7. The van der Waals surface area contributed by atoms with Gasteiger partial charge in [-0.3, -0.25) is 0 Å². The number of hydrogen-bond donors (Lipinski definition) is 0. The molecule has 0 radical (unpaired) electrons. The van der Waals surface area contributed by atoms with Crippen molar-refractivity contribution in [3.05, 3.63) is 22.0 Å². The summed E-state index contributed by atoms with van der Waals surface area (Å²) in [5, 5.41) is 1.70. The van der Waals surface area contributed by atoms with Gasteiger partial charge in [-0.2, -0.15) is 0 Å². The highest BCUT2D eigenvalue weighted by Gasteiger charge is 2.60. The second-order valence-corrected chi connectivity index (χ2v) is 13.0. The van der Waals surface area contributed by atoms with Crippen molar-refractivity contribution in [1.82, 2.24) is 0 Å². The molecule has 0 spiro atoms. The Bertz CT molecular complexity index is 584. The van der Waals surface area contributed by atoms with Crippen LogP contribution in [-0.4, -0.2) is 10.5 Å². The third-order valence-electron chi connectivity index (χ3n) is 8.56. The summed E-state index contributed by atoms with van der Waals surface area (Å²) < 4.78 is 0. The predicted molar refractivity (Wildman–Crippen MR) is 113 cm³/mol. The lowest BCUT2D eigenvalue weighted by molar-refractivity contribution is 0.0657. The molecule has 3 fully saturated rings. The molecule has 2 heteroatoms. The molecule has 2 heterocycles. The summed E-state index contributed by atoms with van der Waals surface area (Å²) in [5.74, 6) is 5.59. The van der Waals surface area contributed by atoms with Crippen LogP contribution in [0.3, 0.4) is 0 Å². The van der Waals surface area contributed by atoms with Crippen LogP contribution in [-0.2, 0) is 0 Å². The molecule has 138 valence electrons. The second-order valence-electron chi connectivity index (χ2n) is 10.1.